The molecule has 0 saturated heterocycles. The lowest BCUT2D eigenvalue weighted by Gasteiger charge is -2.06. The maximum absolute atomic E-state index is 12.7. The van der Waals surface area contributed by atoms with E-state index in [1.54, 1.807) is 10.9 Å². The first-order chi connectivity index (χ1) is 14.2. The molecule has 5 rings (SSSR count). The highest BCUT2D eigenvalue weighted by atomic mass is 32.1. The zero-order valence-electron chi connectivity index (χ0n) is 15.5. The molecule has 29 heavy (non-hydrogen) atoms. The van der Waals surface area contributed by atoms with E-state index in [4.69, 9.17) is 4.42 Å². The van der Waals surface area contributed by atoms with Gasteiger partial charge in [-0.3, -0.25) is 4.79 Å². The molecule has 0 aliphatic rings. The minimum absolute atomic E-state index is 0.112. The van der Waals surface area contributed by atoms with Gasteiger partial charge in [0, 0.05) is 28.5 Å². The zero-order chi connectivity index (χ0) is 19.8. The van der Waals surface area contributed by atoms with Crippen molar-refractivity contribution in [2.24, 2.45) is 0 Å². The van der Waals surface area contributed by atoms with Crippen LogP contribution in [-0.2, 0) is 11.2 Å². The molecular formula is C21H17N5O2S. The summed E-state index contributed by atoms with van der Waals surface area (Å²) < 4.78 is 7.06. The quantitative estimate of drug-likeness (QED) is 0.450. The van der Waals surface area contributed by atoms with Crippen LogP contribution in [0.3, 0.4) is 0 Å². The van der Waals surface area contributed by atoms with Crippen LogP contribution in [0, 0.1) is 6.92 Å². The highest BCUT2D eigenvalue weighted by Gasteiger charge is 2.16. The monoisotopic (exact) mass is 403 g/mol. The van der Waals surface area contributed by atoms with E-state index in [2.05, 4.69) is 20.4 Å². The van der Waals surface area contributed by atoms with Crippen molar-refractivity contribution in [2.75, 3.05) is 5.32 Å². The number of anilines is 1. The predicted octanol–water partition coefficient (Wildman–Crippen LogP) is 4.56. The number of hydrogen-bond acceptors (Lipinski definition) is 5. The van der Waals surface area contributed by atoms with E-state index in [0.29, 0.717) is 16.7 Å². The van der Waals surface area contributed by atoms with Crippen LogP contribution in [0.15, 0.2) is 64.7 Å². The number of nitrogens with zero attached hydrogens (tertiary/aromatic N) is 3. The highest BCUT2D eigenvalue weighted by molar-refractivity contribution is 7.12. The van der Waals surface area contributed by atoms with Gasteiger partial charge in [-0.1, -0.05) is 18.2 Å². The SMILES string of the molecule is Cc1cc(NC(=O)Cc2c[nH]c3ccccc23)n(-c2nc(-c3ccco3)cs2)n1. The second kappa shape index (κ2) is 7.06. The van der Waals surface area contributed by atoms with Crippen LogP contribution in [0.4, 0.5) is 5.82 Å². The molecule has 144 valence electrons. The molecule has 0 fully saturated rings. The summed E-state index contributed by atoms with van der Waals surface area (Å²) in [5.41, 5.74) is 3.50. The molecule has 0 spiro atoms. The molecule has 0 bridgehead atoms. The number of rotatable bonds is 5. The van der Waals surface area contributed by atoms with E-state index in [1.165, 1.54) is 11.3 Å². The molecule has 0 aliphatic heterocycles. The van der Waals surface area contributed by atoms with E-state index in [1.807, 2.05) is 61.0 Å². The molecule has 5 aromatic rings. The third-order valence-electron chi connectivity index (χ3n) is 4.57. The number of aromatic amines is 1. The summed E-state index contributed by atoms with van der Waals surface area (Å²) in [7, 11) is 0. The van der Waals surface area contributed by atoms with Gasteiger partial charge in [-0.25, -0.2) is 4.98 Å². The molecule has 2 N–H and O–H groups in total. The van der Waals surface area contributed by atoms with Crippen molar-refractivity contribution in [1.29, 1.82) is 0 Å². The number of amides is 1. The van der Waals surface area contributed by atoms with Gasteiger partial charge >= 0.3 is 0 Å². The molecule has 0 radical (unpaired) electrons. The molecule has 0 saturated carbocycles. The summed E-state index contributed by atoms with van der Waals surface area (Å²) >= 11 is 1.44. The van der Waals surface area contributed by atoms with Crippen LogP contribution in [0.5, 0.6) is 0 Å². The van der Waals surface area contributed by atoms with Crippen molar-refractivity contribution < 1.29 is 9.21 Å². The van der Waals surface area contributed by atoms with Crippen molar-refractivity contribution in [3.63, 3.8) is 0 Å². The molecule has 0 aliphatic carbocycles. The average molecular weight is 403 g/mol. The van der Waals surface area contributed by atoms with Gasteiger partial charge in [0.15, 0.2) is 5.76 Å². The number of fused-ring (bicyclic) bond motifs is 1. The number of benzene rings is 1. The highest BCUT2D eigenvalue weighted by Crippen LogP contribution is 2.27. The lowest BCUT2D eigenvalue weighted by atomic mass is 10.1. The minimum Gasteiger partial charge on any atom is -0.463 e. The number of carbonyl (C=O) groups excluding carboxylic acids is 1. The largest absolute Gasteiger partial charge is 0.463 e. The van der Waals surface area contributed by atoms with E-state index >= 15 is 0 Å². The van der Waals surface area contributed by atoms with Gasteiger partial charge in [0.25, 0.3) is 0 Å². The number of thiazole rings is 1. The summed E-state index contributed by atoms with van der Waals surface area (Å²) in [6, 6.07) is 13.5. The second-order valence-corrected chi connectivity index (χ2v) is 7.50. The molecule has 4 aromatic heterocycles. The summed E-state index contributed by atoms with van der Waals surface area (Å²) in [6.07, 6.45) is 3.76. The zero-order valence-corrected chi connectivity index (χ0v) is 16.4. The van der Waals surface area contributed by atoms with Crippen LogP contribution < -0.4 is 5.32 Å². The fraction of sp³-hybridized carbons (Fsp3) is 0.0952. The summed E-state index contributed by atoms with van der Waals surface area (Å²) in [5.74, 6) is 1.17. The summed E-state index contributed by atoms with van der Waals surface area (Å²) in [5, 5.41) is 11.1. The van der Waals surface area contributed by atoms with Crippen molar-refractivity contribution in [3.8, 4) is 16.6 Å². The predicted molar refractivity (Wildman–Crippen MR) is 112 cm³/mol. The second-order valence-electron chi connectivity index (χ2n) is 6.66. The number of hydrogen-bond donors (Lipinski definition) is 2. The first-order valence-corrected chi connectivity index (χ1v) is 9.96. The molecule has 1 amide bonds. The van der Waals surface area contributed by atoms with Crippen LogP contribution in [0.1, 0.15) is 11.3 Å². The number of nitrogens with one attached hydrogen (secondary N) is 2. The topological polar surface area (TPSA) is 88.7 Å². The third kappa shape index (κ3) is 3.34. The van der Waals surface area contributed by atoms with E-state index in [9.17, 15) is 4.79 Å². The van der Waals surface area contributed by atoms with Crippen LogP contribution in [-0.4, -0.2) is 25.7 Å². The summed E-state index contributed by atoms with van der Waals surface area (Å²) in [4.78, 5) is 20.5. The molecule has 0 unspecified atom stereocenters. The Hall–Kier alpha value is -3.65. The minimum atomic E-state index is -0.112. The van der Waals surface area contributed by atoms with Crippen molar-refractivity contribution in [2.45, 2.75) is 13.3 Å². The number of aromatic nitrogens is 4. The summed E-state index contributed by atoms with van der Waals surface area (Å²) in [6.45, 7) is 1.88. The van der Waals surface area contributed by atoms with Crippen LogP contribution in [0.25, 0.3) is 27.5 Å². The fourth-order valence-corrected chi connectivity index (χ4v) is 4.05. The molecule has 4 heterocycles. The average Bonchev–Trinajstić information content (AvgIpc) is 3.48. The lowest BCUT2D eigenvalue weighted by molar-refractivity contribution is -0.115. The van der Waals surface area contributed by atoms with Crippen molar-refractivity contribution >= 4 is 34.0 Å². The number of para-hydroxylation sites is 1. The van der Waals surface area contributed by atoms with E-state index in [0.717, 1.165) is 27.9 Å². The fourth-order valence-electron chi connectivity index (χ4n) is 3.27. The Balaban J connectivity index is 1.39. The number of aryl methyl sites for hydroxylation is 1. The number of H-pyrrole nitrogens is 1. The van der Waals surface area contributed by atoms with Gasteiger partial charge in [0.2, 0.25) is 11.0 Å². The number of furan rings is 1. The Labute approximate surface area is 170 Å². The normalized spacial score (nSPS) is 11.2. The molecular weight excluding hydrogens is 386 g/mol. The van der Waals surface area contributed by atoms with Crippen molar-refractivity contribution in [1.82, 2.24) is 19.7 Å². The maximum atomic E-state index is 12.7. The smallest absolute Gasteiger partial charge is 0.230 e. The molecule has 0 atom stereocenters. The van der Waals surface area contributed by atoms with E-state index < -0.39 is 0 Å². The standard InChI is InChI=1S/C21H17N5O2S/c1-13-9-19(24-20(27)10-14-11-22-16-6-3-2-5-15(14)16)26(25-13)21-23-17(12-29-21)18-7-4-8-28-18/h2-9,11-12,22H,10H2,1H3,(H,24,27). The van der Waals surface area contributed by atoms with E-state index in [-0.39, 0.29) is 12.3 Å². The first-order valence-electron chi connectivity index (χ1n) is 9.08. The van der Waals surface area contributed by atoms with Gasteiger partial charge in [0.1, 0.15) is 11.5 Å². The number of carbonyl (C=O) groups is 1. The molecule has 7 nitrogen and oxygen atoms in total. The third-order valence-corrected chi connectivity index (χ3v) is 5.39. The maximum Gasteiger partial charge on any atom is 0.230 e. The lowest BCUT2D eigenvalue weighted by Crippen LogP contribution is -2.17. The molecule has 8 heteroatoms. The first kappa shape index (κ1) is 17.4. The van der Waals surface area contributed by atoms with Gasteiger partial charge < -0.3 is 14.7 Å². The Morgan fingerprint density at radius 1 is 1.28 bits per heavy atom. The Kier molecular flexibility index (Phi) is 4.25. The Bertz CT molecular complexity index is 1300. The van der Waals surface area contributed by atoms with Gasteiger partial charge in [-0.15, -0.1) is 11.3 Å². The van der Waals surface area contributed by atoms with Crippen LogP contribution in [0.2, 0.25) is 0 Å². The Morgan fingerprint density at radius 3 is 3.03 bits per heavy atom. The van der Waals surface area contributed by atoms with Gasteiger partial charge in [-0.05, 0) is 30.7 Å². The van der Waals surface area contributed by atoms with Gasteiger partial charge in [0.05, 0.1) is 18.4 Å². The van der Waals surface area contributed by atoms with Crippen LogP contribution >= 0.6 is 11.3 Å². The van der Waals surface area contributed by atoms with Crippen molar-refractivity contribution in [3.05, 3.63) is 71.6 Å². The molecule has 1 aromatic carbocycles. The Morgan fingerprint density at radius 2 is 2.17 bits per heavy atom. The van der Waals surface area contributed by atoms with Gasteiger partial charge in [-0.2, -0.15) is 9.78 Å².